The third-order valence-electron chi connectivity index (χ3n) is 2.34. The Kier molecular flexibility index (Phi) is 4.29. The van der Waals surface area contributed by atoms with Crippen molar-refractivity contribution in [3.05, 3.63) is 33.8 Å². The van der Waals surface area contributed by atoms with Crippen LogP contribution in [0, 0.1) is 0 Å². The molecule has 0 saturated heterocycles. The highest BCUT2D eigenvalue weighted by Gasteiger charge is 2.21. The second-order valence-electron chi connectivity index (χ2n) is 4.14. The lowest BCUT2D eigenvalue weighted by Gasteiger charge is -2.17. The molecule has 0 atom stereocenters. The van der Waals surface area contributed by atoms with Crippen LogP contribution in [-0.4, -0.2) is 13.6 Å². The van der Waals surface area contributed by atoms with Gasteiger partial charge >= 0.3 is 0 Å². The Bertz CT molecular complexity index is 331. The summed E-state index contributed by atoms with van der Waals surface area (Å²) in [5, 5.41) is 3.09. The largest absolute Gasteiger partial charge is 0.319 e. The van der Waals surface area contributed by atoms with E-state index in [4.69, 9.17) is 0 Å². The van der Waals surface area contributed by atoms with E-state index < -0.39 is 5.67 Å². The summed E-state index contributed by atoms with van der Waals surface area (Å²) in [5.41, 5.74) is 0.625. The van der Waals surface area contributed by atoms with Crippen molar-refractivity contribution in [3.63, 3.8) is 0 Å². The normalized spacial score (nSPS) is 11.8. The Labute approximate surface area is 99.2 Å². The predicted octanol–water partition coefficient (Wildman–Crippen LogP) is 3.42. The van der Waals surface area contributed by atoms with E-state index in [1.165, 1.54) is 5.56 Å². The number of halogens is 2. The van der Waals surface area contributed by atoms with E-state index in [0.29, 0.717) is 5.56 Å². The average molecular weight is 274 g/mol. The van der Waals surface area contributed by atoms with E-state index in [1.807, 2.05) is 25.2 Å². The molecule has 1 aromatic carbocycles. The molecule has 1 N–H and O–H groups in total. The summed E-state index contributed by atoms with van der Waals surface area (Å²) in [5.74, 6) is 0. The number of nitrogens with one attached hydrogen (secondary N) is 1. The molecule has 0 aromatic heterocycles. The molecular formula is C12H17BrFN. The van der Waals surface area contributed by atoms with Crippen LogP contribution in [0.4, 0.5) is 4.39 Å². The molecule has 84 valence electrons. The van der Waals surface area contributed by atoms with Gasteiger partial charge in [0, 0.05) is 10.0 Å². The van der Waals surface area contributed by atoms with Gasteiger partial charge in [-0.25, -0.2) is 4.39 Å². The van der Waals surface area contributed by atoms with E-state index in [2.05, 4.69) is 21.2 Å². The summed E-state index contributed by atoms with van der Waals surface area (Å²) >= 11 is 3.41. The SMILES string of the molecule is CNCCc1ccc(C(C)(C)F)c(Br)c1. The molecule has 0 saturated carbocycles. The lowest BCUT2D eigenvalue weighted by Crippen LogP contribution is -2.12. The molecule has 0 aliphatic carbocycles. The fourth-order valence-corrected chi connectivity index (χ4v) is 2.36. The van der Waals surface area contributed by atoms with Crippen molar-refractivity contribution in [2.45, 2.75) is 25.9 Å². The van der Waals surface area contributed by atoms with E-state index in [-0.39, 0.29) is 0 Å². The van der Waals surface area contributed by atoms with Crippen LogP contribution >= 0.6 is 15.9 Å². The van der Waals surface area contributed by atoms with Crippen LogP contribution in [-0.2, 0) is 12.1 Å². The predicted molar refractivity (Wildman–Crippen MR) is 65.9 cm³/mol. The molecule has 15 heavy (non-hydrogen) atoms. The first-order valence-electron chi connectivity index (χ1n) is 5.07. The molecule has 1 rings (SSSR count). The number of alkyl halides is 1. The van der Waals surface area contributed by atoms with Crippen LogP contribution < -0.4 is 5.32 Å². The maximum Gasteiger partial charge on any atom is 0.131 e. The molecule has 3 heteroatoms. The van der Waals surface area contributed by atoms with Crippen LogP contribution in [0.15, 0.2) is 22.7 Å². The highest BCUT2D eigenvalue weighted by atomic mass is 79.9. The lowest BCUT2D eigenvalue weighted by atomic mass is 9.98. The first-order valence-corrected chi connectivity index (χ1v) is 5.87. The average Bonchev–Trinajstić information content (AvgIpc) is 2.12. The molecule has 1 aromatic rings. The summed E-state index contributed by atoms with van der Waals surface area (Å²) in [7, 11) is 1.92. The molecule has 0 bridgehead atoms. The summed E-state index contributed by atoms with van der Waals surface area (Å²) in [4.78, 5) is 0. The topological polar surface area (TPSA) is 12.0 Å². The molecule has 0 radical (unpaired) electrons. The van der Waals surface area contributed by atoms with Crippen molar-refractivity contribution < 1.29 is 4.39 Å². The highest BCUT2D eigenvalue weighted by molar-refractivity contribution is 9.10. The Morgan fingerprint density at radius 3 is 2.53 bits per heavy atom. The fourth-order valence-electron chi connectivity index (χ4n) is 1.47. The quantitative estimate of drug-likeness (QED) is 0.887. The Morgan fingerprint density at radius 2 is 2.07 bits per heavy atom. The third kappa shape index (κ3) is 3.58. The van der Waals surface area contributed by atoms with Gasteiger partial charge in [-0.2, -0.15) is 0 Å². The van der Waals surface area contributed by atoms with E-state index in [0.717, 1.165) is 17.4 Å². The van der Waals surface area contributed by atoms with Gasteiger partial charge in [-0.3, -0.25) is 0 Å². The number of hydrogen-bond donors (Lipinski definition) is 1. The molecule has 0 heterocycles. The second-order valence-corrected chi connectivity index (χ2v) is 4.99. The minimum atomic E-state index is -1.29. The van der Waals surface area contributed by atoms with Gasteiger partial charge in [0.25, 0.3) is 0 Å². The van der Waals surface area contributed by atoms with Gasteiger partial charge in [0.1, 0.15) is 5.67 Å². The first kappa shape index (κ1) is 12.7. The molecule has 0 amide bonds. The maximum absolute atomic E-state index is 13.7. The van der Waals surface area contributed by atoms with E-state index in [9.17, 15) is 4.39 Å². The summed E-state index contributed by atoms with van der Waals surface area (Å²) in [6, 6.07) is 5.84. The second kappa shape index (κ2) is 5.08. The zero-order valence-electron chi connectivity index (χ0n) is 9.40. The molecule has 0 unspecified atom stereocenters. The van der Waals surface area contributed by atoms with Gasteiger partial charge < -0.3 is 5.32 Å². The highest BCUT2D eigenvalue weighted by Crippen LogP contribution is 2.31. The smallest absolute Gasteiger partial charge is 0.131 e. The monoisotopic (exact) mass is 273 g/mol. The molecule has 0 aliphatic rings. The fraction of sp³-hybridized carbons (Fsp3) is 0.500. The van der Waals surface area contributed by atoms with E-state index >= 15 is 0 Å². The summed E-state index contributed by atoms with van der Waals surface area (Å²) in [6.07, 6.45) is 0.960. The van der Waals surface area contributed by atoms with Gasteiger partial charge in [0.05, 0.1) is 0 Å². The first-order chi connectivity index (χ1) is 6.95. The number of benzene rings is 1. The van der Waals surface area contributed by atoms with Gasteiger partial charge in [-0.1, -0.05) is 28.1 Å². The van der Waals surface area contributed by atoms with Gasteiger partial charge in [0.15, 0.2) is 0 Å². The van der Waals surface area contributed by atoms with Crippen LogP contribution in [0.25, 0.3) is 0 Å². The summed E-state index contributed by atoms with van der Waals surface area (Å²) < 4.78 is 14.6. The van der Waals surface area contributed by atoms with Gasteiger partial charge in [-0.05, 0) is 45.5 Å². The van der Waals surface area contributed by atoms with Crippen molar-refractivity contribution in [1.82, 2.24) is 5.32 Å². The van der Waals surface area contributed by atoms with Crippen LogP contribution in [0.3, 0.4) is 0 Å². The zero-order valence-corrected chi connectivity index (χ0v) is 11.0. The van der Waals surface area contributed by atoms with Gasteiger partial charge in [0.2, 0.25) is 0 Å². The van der Waals surface area contributed by atoms with Crippen molar-refractivity contribution in [2.24, 2.45) is 0 Å². The van der Waals surface area contributed by atoms with Crippen LogP contribution in [0.5, 0.6) is 0 Å². The maximum atomic E-state index is 13.7. The number of rotatable bonds is 4. The van der Waals surface area contributed by atoms with Crippen LogP contribution in [0.1, 0.15) is 25.0 Å². The third-order valence-corrected chi connectivity index (χ3v) is 2.99. The minimum Gasteiger partial charge on any atom is -0.319 e. The Morgan fingerprint density at radius 1 is 1.40 bits per heavy atom. The minimum absolute atomic E-state index is 0.704. The zero-order chi connectivity index (χ0) is 11.5. The number of hydrogen-bond acceptors (Lipinski definition) is 1. The van der Waals surface area contributed by atoms with Crippen molar-refractivity contribution in [3.8, 4) is 0 Å². The lowest BCUT2D eigenvalue weighted by molar-refractivity contribution is 0.220. The summed E-state index contributed by atoms with van der Waals surface area (Å²) in [6.45, 7) is 4.07. The molecule has 0 spiro atoms. The van der Waals surface area contributed by atoms with Crippen LogP contribution in [0.2, 0.25) is 0 Å². The molecule has 1 nitrogen and oxygen atoms in total. The van der Waals surface area contributed by atoms with E-state index in [1.54, 1.807) is 13.8 Å². The van der Waals surface area contributed by atoms with Crippen molar-refractivity contribution in [2.75, 3.05) is 13.6 Å². The Balaban J connectivity index is 2.89. The van der Waals surface area contributed by atoms with Gasteiger partial charge in [-0.15, -0.1) is 0 Å². The number of likely N-dealkylation sites (N-methyl/N-ethyl adjacent to an activating group) is 1. The molecular weight excluding hydrogens is 257 g/mol. The van der Waals surface area contributed by atoms with Crippen molar-refractivity contribution in [1.29, 1.82) is 0 Å². The molecule has 0 fully saturated rings. The molecule has 0 aliphatic heterocycles. The standard InChI is InChI=1S/C12H17BrFN/c1-12(2,14)10-5-4-9(6-7-15-3)8-11(10)13/h4-5,8,15H,6-7H2,1-3H3. The Hall–Kier alpha value is -0.410. The van der Waals surface area contributed by atoms with Crippen molar-refractivity contribution >= 4 is 15.9 Å².